The minimum Gasteiger partial charge on any atom is -0.291 e. The zero-order valence-corrected chi connectivity index (χ0v) is 14.2. The van der Waals surface area contributed by atoms with Crippen molar-refractivity contribution in [2.24, 2.45) is 5.92 Å². The van der Waals surface area contributed by atoms with Crippen molar-refractivity contribution in [1.29, 1.82) is 0 Å². The van der Waals surface area contributed by atoms with E-state index in [0.717, 1.165) is 30.1 Å². The molecule has 0 aliphatic heterocycles. The maximum Gasteiger partial charge on any atom is 0.252 e. The van der Waals surface area contributed by atoms with Gasteiger partial charge in [-0.05, 0) is 25.7 Å². The van der Waals surface area contributed by atoms with Crippen LogP contribution in [0, 0.1) is 12.8 Å². The summed E-state index contributed by atoms with van der Waals surface area (Å²) >= 11 is 1.45. The molecule has 6 nitrogen and oxygen atoms in total. The number of carbonyl (C=O) groups excluding carboxylic acids is 2. The van der Waals surface area contributed by atoms with Crippen molar-refractivity contribution in [1.82, 2.24) is 20.7 Å². The Hall–Kier alpha value is -1.47. The summed E-state index contributed by atoms with van der Waals surface area (Å²) in [6.45, 7) is 7.42. The monoisotopic (exact) mass is 324 g/mol. The van der Waals surface area contributed by atoms with Crippen LogP contribution in [0.15, 0.2) is 5.38 Å². The van der Waals surface area contributed by atoms with Crippen molar-refractivity contribution in [3.63, 3.8) is 0 Å². The second kappa shape index (κ2) is 7.69. The minimum atomic E-state index is -0.246. The first-order valence-electron chi connectivity index (χ1n) is 7.66. The lowest BCUT2D eigenvalue weighted by Gasteiger charge is -2.23. The van der Waals surface area contributed by atoms with E-state index in [1.807, 2.05) is 12.3 Å². The van der Waals surface area contributed by atoms with Gasteiger partial charge in [0.15, 0.2) is 0 Å². The highest BCUT2D eigenvalue weighted by Gasteiger charge is 2.30. The maximum atomic E-state index is 11.9. The Morgan fingerprint density at radius 2 is 2.05 bits per heavy atom. The molecule has 1 aromatic heterocycles. The van der Waals surface area contributed by atoms with Gasteiger partial charge in [-0.3, -0.25) is 25.3 Å². The lowest BCUT2D eigenvalue weighted by Crippen LogP contribution is -2.47. The van der Waals surface area contributed by atoms with Gasteiger partial charge in [0.1, 0.15) is 5.01 Å². The first-order valence-corrected chi connectivity index (χ1v) is 8.54. The third-order valence-corrected chi connectivity index (χ3v) is 4.30. The minimum absolute atomic E-state index is 0.170. The molecule has 122 valence electrons. The van der Waals surface area contributed by atoms with Gasteiger partial charge in [-0.2, -0.15) is 0 Å². The summed E-state index contributed by atoms with van der Waals surface area (Å²) in [7, 11) is 0. The molecule has 0 aromatic carbocycles. The summed E-state index contributed by atoms with van der Waals surface area (Å²) in [5, 5.41) is 2.66. The molecule has 2 rings (SSSR count). The van der Waals surface area contributed by atoms with E-state index < -0.39 is 0 Å². The summed E-state index contributed by atoms with van der Waals surface area (Å²) in [6.07, 6.45) is 2.52. The largest absolute Gasteiger partial charge is 0.291 e. The summed E-state index contributed by atoms with van der Waals surface area (Å²) < 4.78 is 0. The Morgan fingerprint density at radius 3 is 2.59 bits per heavy atom. The van der Waals surface area contributed by atoms with Gasteiger partial charge in [-0.1, -0.05) is 13.8 Å². The fourth-order valence-electron chi connectivity index (χ4n) is 2.28. The first kappa shape index (κ1) is 16.9. The molecule has 22 heavy (non-hydrogen) atoms. The van der Waals surface area contributed by atoms with Gasteiger partial charge in [-0.25, -0.2) is 4.98 Å². The van der Waals surface area contributed by atoms with E-state index in [1.54, 1.807) is 0 Å². The molecule has 2 N–H and O–H groups in total. The Labute approximate surface area is 135 Å². The van der Waals surface area contributed by atoms with Crippen molar-refractivity contribution in [3.05, 3.63) is 16.1 Å². The highest BCUT2D eigenvalue weighted by atomic mass is 32.1. The summed E-state index contributed by atoms with van der Waals surface area (Å²) in [5.74, 6) is 0.108. The molecule has 0 unspecified atom stereocenters. The van der Waals surface area contributed by atoms with Crippen LogP contribution in [0.25, 0.3) is 0 Å². The average Bonchev–Trinajstić information content (AvgIpc) is 3.20. The SMILES string of the molecule is Cc1csc(CC(=O)NNC(=O)CN(CC(C)C)C2CC2)n1. The summed E-state index contributed by atoms with van der Waals surface area (Å²) in [5.41, 5.74) is 5.86. The molecule has 7 heteroatoms. The van der Waals surface area contributed by atoms with Gasteiger partial charge in [0.25, 0.3) is 5.91 Å². The number of nitrogens with zero attached hydrogens (tertiary/aromatic N) is 2. The Bertz CT molecular complexity index is 525. The predicted molar refractivity (Wildman–Crippen MR) is 86.3 cm³/mol. The number of rotatable bonds is 7. The van der Waals surface area contributed by atoms with Crippen LogP contribution >= 0.6 is 11.3 Å². The third kappa shape index (κ3) is 5.73. The van der Waals surface area contributed by atoms with Gasteiger partial charge in [0.05, 0.1) is 13.0 Å². The second-order valence-corrected chi connectivity index (χ2v) is 7.15. The van der Waals surface area contributed by atoms with Gasteiger partial charge < -0.3 is 0 Å². The number of nitrogens with one attached hydrogen (secondary N) is 2. The number of hydrogen-bond acceptors (Lipinski definition) is 5. The molecule has 2 amide bonds. The van der Waals surface area contributed by atoms with E-state index in [4.69, 9.17) is 0 Å². The molecule has 0 radical (unpaired) electrons. The Morgan fingerprint density at radius 1 is 1.36 bits per heavy atom. The van der Waals surface area contributed by atoms with E-state index in [1.165, 1.54) is 11.3 Å². The van der Waals surface area contributed by atoms with E-state index in [9.17, 15) is 9.59 Å². The van der Waals surface area contributed by atoms with E-state index in [-0.39, 0.29) is 18.2 Å². The zero-order valence-electron chi connectivity index (χ0n) is 13.4. The summed E-state index contributed by atoms with van der Waals surface area (Å²) in [4.78, 5) is 30.1. The fourth-order valence-corrected chi connectivity index (χ4v) is 3.05. The van der Waals surface area contributed by atoms with Crippen LogP contribution < -0.4 is 10.9 Å². The highest BCUT2D eigenvalue weighted by molar-refractivity contribution is 7.09. The molecule has 1 fully saturated rings. The molecule has 0 atom stereocenters. The molecule has 1 saturated carbocycles. The molecule has 1 aliphatic rings. The number of thiazole rings is 1. The predicted octanol–water partition coefficient (Wildman–Crippen LogP) is 1.26. The van der Waals surface area contributed by atoms with E-state index in [0.29, 0.717) is 18.5 Å². The molecule has 1 aliphatic carbocycles. The van der Waals surface area contributed by atoms with Crippen molar-refractivity contribution in [3.8, 4) is 0 Å². The Kier molecular flexibility index (Phi) is 5.90. The number of aromatic nitrogens is 1. The number of carbonyl (C=O) groups is 2. The molecule has 0 spiro atoms. The second-order valence-electron chi connectivity index (χ2n) is 6.21. The smallest absolute Gasteiger partial charge is 0.252 e. The zero-order chi connectivity index (χ0) is 16.1. The quantitative estimate of drug-likeness (QED) is 0.741. The first-order chi connectivity index (χ1) is 10.4. The number of aryl methyl sites for hydroxylation is 1. The van der Waals surface area contributed by atoms with Crippen LogP contribution in [0.3, 0.4) is 0 Å². The van der Waals surface area contributed by atoms with E-state index >= 15 is 0 Å². The number of hydrazine groups is 1. The summed E-state index contributed by atoms with van der Waals surface area (Å²) in [6, 6.07) is 0.530. The molecule has 1 heterocycles. The van der Waals surface area contributed by atoms with Crippen LogP contribution in [0.2, 0.25) is 0 Å². The van der Waals surface area contributed by atoms with Crippen LogP contribution in [0.1, 0.15) is 37.4 Å². The molecular weight excluding hydrogens is 300 g/mol. The maximum absolute atomic E-state index is 11.9. The third-order valence-electron chi connectivity index (χ3n) is 3.33. The van der Waals surface area contributed by atoms with Crippen molar-refractivity contribution in [2.45, 2.75) is 46.1 Å². The fraction of sp³-hybridized carbons (Fsp3) is 0.667. The van der Waals surface area contributed by atoms with Crippen molar-refractivity contribution >= 4 is 23.2 Å². The highest BCUT2D eigenvalue weighted by Crippen LogP contribution is 2.27. The van der Waals surface area contributed by atoms with Crippen LogP contribution in [0.4, 0.5) is 0 Å². The standard InChI is InChI=1S/C15H24N4O2S/c1-10(2)7-19(12-4-5-12)8-14(21)18-17-13(20)6-15-16-11(3)9-22-15/h9-10,12H,4-8H2,1-3H3,(H,17,20)(H,18,21). The lowest BCUT2D eigenvalue weighted by atomic mass is 10.2. The lowest BCUT2D eigenvalue weighted by molar-refractivity contribution is -0.129. The van der Waals surface area contributed by atoms with Crippen molar-refractivity contribution in [2.75, 3.05) is 13.1 Å². The molecule has 0 saturated heterocycles. The topological polar surface area (TPSA) is 74.3 Å². The normalized spacial score (nSPS) is 14.4. The van der Waals surface area contributed by atoms with Gasteiger partial charge in [0.2, 0.25) is 5.91 Å². The average molecular weight is 324 g/mol. The molecule has 0 bridgehead atoms. The molecule has 1 aromatic rings. The number of amides is 2. The molecular formula is C15H24N4O2S. The van der Waals surface area contributed by atoms with Gasteiger partial charge >= 0.3 is 0 Å². The van der Waals surface area contributed by atoms with Crippen LogP contribution in [-0.2, 0) is 16.0 Å². The number of hydrogen-bond donors (Lipinski definition) is 2. The van der Waals surface area contributed by atoms with E-state index in [2.05, 4.69) is 34.6 Å². The van der Waals surface area contributed by atoms with Crippen molar-refractivity contribution < 1.29 is 9.59 Å². The van der Waals surface area contributed by atoms with Gasteiger partial charge in [0, 0.05) is 23.7 Å². The Balaban J connectivity index is 1.71. The van der Waals surface area contributed by atoms with Crippen LogP contribution in [-0.4, -0.2) is 40.8 Å². The van der Waals surface area contributed by atoms with Crippen LogP contribution in [0.5, 0.6) is 0 Å². The van der Waals surface area contributed by atoms with Gasteiger partial charge in [-0.15, -0.1) is 11.3 Å².